The summed E-state index contributed by atoms with van der Waals surface area (Å²) >= 11 is 3.38. The Morgan fingerprint density at radius 2 is 2.10 bits per heavy atom. The number of carbonyl (C=O) groups is 1. The maximum atomic E-state index is 11.8. The number of amides is 1. The Morgan fingerprint density at radius 1 is 1.33 bits per heavy atom. The van der Waals surface area contributed by atoms with Gasteiger partial charge >= 0.3 is 0 Å². The molecule has 0 unspecified atom stereocenters. The highest BCUT2D eigenvalue weighted by molar-refractivity contribution is 9.10. The average Bonchev–Trinajstić information content (AvgIpc) is 2.42. The van der Waals surface area contributed by atoms with Crippen molar-refractivity contribution in [1.82, 2.24) is 10.2 Å². The maximum Gasteiger partial charge on any atom is 0.238 e. The lowest BCUT2D eigenvalue weighted by molar-refractivity contribution is -0.115. The molecule has 1 aromatic rings. The molecule has 21 heavy (non-hydrogen) atoms. The van der Waals surface area contributed by atoms with E-state index in [0.29, 0.717) is 12.6 Å². The summed E-state index contributed by atoms with van der Waals surface area (Å²) in [6.07, 6.45) is 2.23. The van der Waals surface area contributed by atoms with Crippen LogP contribution in [0.15, 0.2) is 28.7 Å². The zero-order valence-corrected chi connectivity index (χ0v) is 14.7. The van der Waals surface area contributed by atoms with E-state index >= 15 is 0 Å². The molecule has 1 amide bonds. The molecular weight excluding hydrogens is 330 g/mol. The first kappa shape index (κ1) is 18.1. The molecule has 0 aliphatic carbocycles. The summed E-state index contributed by atoms with van der Waals surface area (Å²) in [5.41, 5.74) is 0.815. The van der Waals surface area contributed by atoms with E-state index in [1.165, 1.54) is 0 Å². The Kier molecular flexibility index (Phi) is 8.57. The molecule has 1 aromatic carbocycles. The van der Waals surface area contributed by atoms with Gasteiger partial charge in [0.05, 0.1) is 6.54 Å². The van der Waals surface area contributed by atoms with Crippen LogP contribution in [0, 0.1) is 0 Å². The second kappa shape index (κ2) is 9.92. The Balaban J connectivity index is 2.09. The molecule has 0 atom stereocenters. The van der Waals surface area contributed by atoms with Gasteiger partial charge < -0.3 is 15.5 Å². The normalized spacial score (nSPS) is 11.1. The fraction of sp³-hybridized carbons (Fsp3) is 0.562. The lowest BCUT2D eigenvalue weighted by atomic mass is 10.2. The number of hydrogen-bond donors (Lipinski definition) is 2. The monoisotopic (exact) mass is 355 g/mol. The van der Waals surface area contributed by atoms with Gasteiger partial charge in [0, 0.05) is 16.2 Å². The summed E-state index contributed by atoms with van der Waals surface area (Å²) in [5, 5.41) is 6.05. The van der Waals surface area contributed by atoms with Crippen LogP contribution in [0.25, 0.3) is 0 Å². The molecule has 4 nitrogen and oxygen atoms in total. The number of nitrogens with one attached hydrogen (secondary N) is 2. The van der Waals surface area contributed by atoms with Crippen LogP contribution in [0.3, 0.4) is 0 Å². The minimum atomic E-state index is -0.00704. The minimum Gasteiger partial charge on any atom is -0.325 e. The predicted molar refractivity (Wildman–Crippen MR) is 92.6 cm³/mol. The number of hydrogen-bond acceptors (Lipinski definition) is 3. The largest absolute Gasteiger partial charge is 0.325 e. The van der Waals surface area contributed by atoms with Crippen LogP contribution in [0.1, 0.15) is 26.7 Å². The van der Waals surface area contributed by atoms with Crippen molar-refractivity contribution in [3.63, 3.8) is 0 Å². The van der Waals surface area contributed by atoms with E-state index in [1.807, 2.05) is 24.3 Å². The molecular formula is C16H26BrN3O. The van der Waals surface area contributed by atoms with Gasteiger partial charge in [-0.05, 0) is 65.0 Å². The fourth-order valence-electron chi connectivity index (χ4n) is 1.84. The van der Waals surface area contributed by atoms with Crippen molar-refractivity contribution < 1.29 is 4.79 Å². The smallest absolute Gasteiger partial charge is 0.238 e. The summed E-state index contributed by atoms with van der Waals surface area (Å²) in [7, 11) is 2.14. The van der Waals surface area contributed by atoms with Crippen LogP contribution >= 0.6 is 15.9 Å². The average molecular weight is 356 g/mol. The first-order valence-electron chi connectivity index (χ1n) is 7.45. The van der Waals surface area contributed by atoms with Gasteiger partial charge in [-0.15, -0.1) is 0 Å². The van der Waals surface area contributed by atoms with E-state index in [4.69, 9.17) is 0 Å². The zero-order chi connectivity index (χ0) is 15.7. The molecule has 0 saturated carbocycles. The molecule has 0 saturated heterocycles. The maximum absolute atomic E-state index is 11.8. The summed E-state index contributed by atoms with van der Waals surface area (Å²) in [6, 6.07) is 8.19. The molecule has 0 heterocycles. The second-order valence-corrected chi connectivity index (χ2v) is 6.43. The van der Waals surface area contributed by atoms with Gasteiger partial charge in [0.1, 0.15) is 0 Å². The first-order valence-corrected chi connectivity index (χ1v) is 8.24. The highest BCUT2D eigenvalue weighted by atomic mass is 79.9. The summed E-state index contributed by atoms with van der Waals surface area (Å²) in [5.74, 6) is -0.00704. The molecule has 0 aliphatic rings. The van der Waals surface area contributed by atoms with Gasteiger partial charge in [0.15, 0.2) is 0 Å². The van der Waals surface area contributed by atoms with Crippen molar-refractivity contribution in [2.24, 2.45) is 0 Å². The Labute approximate surface area is 136 Å². The number of nitrogens with zero attached hydrogens (tertiary/aromatic N) is 1. The van der Waals surface area contributed by atoms with Crippen LogP contribution in [0.5, 0.6) is 0 Å². The number of benzene rings is 1. The predicted octanol–water partition coefficient (Wildman–Crippen LogP) is 3.10. The van der Waals surface area contributed by atoms with Gasteiger partial charge in [0.25, 0.3) is 0 Å². The lowest BCUT2D eigenvalue weighted by Crippen LogP contribution is -2.30. The third-order valence-corrected chi connectivity index (χ3v) is 3.88. The van der Waals surface area contributed by atoms with Crippen molar-refractivity contribution in [2.45, 2.75) is 32.7 Å². The molecule has 0 radical (unpaired) electrons. The molecule has 0 fully saturated rings. The molecule has 0 aliphatic heterocycles. The standard InChI is InChI=1S/C16H26BrN3O/c1-13(2)20(3)10-5-4-9-18-12-16(21)19-15-8-6-7-14(17)11-15/h6-8,11,13,18H,4-5,9-10,12H2,1-3H3,(H,19,21). The highest BCUT2D eigenvalue weighted by Gasteiger charge is 2.03. The van der Waals surface area contributed by atoms with Crippen LogP contribution < -0.4 is 10.6 Å². The summed E-state index contributed by atoms with van der Waals surface area (Å²) in [4.78, 5) is 14.1. The number of unbranched alkanes of at least 4 members (excludes halogenated alkanes) is 1. The molecule has 2 N–H and O–H groups in total. The van der Waals surface area contributed by atoms with Crippen molar-refractivity contribution >= 4 is 27.5 Å². The summed E-state index contributed by atoms with van der Waals surface area (Å²) in [6.45, 7) is 6.73. The third-order valence-electron chi connectivity index (χ3n) is 3.39. The molecule has 118 valence electrons. The van der Waals surface area contributed by atoms with E-state index < -0.39 is 0 Å². The number of halogens is 1. The van der Waals surface area contributed by atoms with Crippen molar-refractivity contribution in [3.8, 4) is 0 Å². The lowest BCUT2D eigenvalue weighted by Gasteiger charge is -2.20. The number of anilines is 1. The van der Waals surface area contributed by atoms with Gasteiger partial charge in [-0.3, -0.25) is 4.79 Å². The molecule has 0 spiro atoms. The van der Waals surface area contributed by atoms with E-state index in [0.717, 1.165) is 36.1 Å². The Bertz CT molecular complexity index is 437. The fourth-order valence-corrected chi connectivity index (χ4v) is 2.24. The van der Waals surface area contributed by atoms with E-state index in [9.17, 15) is 4.79 Å². The first-order chi connectivity index (χ1) is 9.99. The van der Waals surface area contributed by atoms with Gasteiger partial charge in [-0.1, -0.05) is 22.0 Å². The van der Waals surface area contributed by atoms with Crippen molar-refractivity contribution in [2.75, 3.05) is 32.0 Å². The van der Waals surface area contributed by atoms with Crippen LogP contribution in [-0.2, 0) is 4.79 Å². The summed E-state index contributed by atoms with van der Waals surface area (Å²) < 4.78 is 0.961. The number of carbonyl (C=O) groups excluding carboxylic acids is 1. The van der Waals surface area contributed by atoms with E-state index in [-0.39, 0.29) is 5.91 Å². The topological polar surface area (TPSA) is 44.4 Å². The van der Waals surface area contributed by atoms with Crippen LogP contribution in [0.4, 0.5) is 5.69 Å². The molecule has 0 bridgehead atoms. The Hall–Kier alpha value is -0.910. The van der Waals surface area contributed by atoms with Crippen LogP contribution in [0.2, 0.25) is 0 Å². The SMILES string of the molecule is CC(C)N(C)CCCCNCC(=O)Nc1cccc(Br)c1. The highest BCUT2D eigenvalue weighted by Crippen LogP contribution is 2.15. The minimum absolute atomic E-state index is 0.00704. The quantitative estimate of drug-likeness (QED) is 0.669. The van der Waals surface area contributed by atoms with Crippen LogP contribution in [-0.4, -0.2) is 43.5 Å². The zero-order valence-electron chi connectivity index (χ0n) is 13.2. The molecule has 1 rings (SSSR count). The van der Waals surface area contributed by atoms with Gasteiger partial charge in [-0.2, -0.15) is 0 Å². The van der Waals surface area contributed by atoms with Gasteiger partial charge in [-0.25, -0.2) is 0 Å². The van der Waals surface area contributed by atoms with E-state index in [2.05, 4.69) is 52.4 Å². The Morgan fingerprint density at radius 3 is 2.76 bits per heavy atom. The molecule has 0 aromatic heterocycles. The molecule has 5 heteroatoms. The van der Waals surface area contributed by atoms with Gasteiger partial charge in [0.2, 0.25) is 5.91 Å². The third kappa shape index (κ3) is 8.19. The van der Waals surface area contributed by atoms with Crippen molar-refractivity contribution in [3.05, 3.63) is 28.7 Å². The van der Waals surface area contributed by atoms with Crippen molar-refractivity contribution in [1.29, 1.82) is 0 Å². The second-order valence-electron chi connectivity index (χ2n) is 5.52. The van der Waals surface area contributed by atoms with E-state index in [1.54, 1.807) is 0 Å². The number of rotatable bonds is 9.